The van der Waals surface area contributed by atoms with Crippen LogP contribution in [0, 0.1) is 0 Å². The maximum Gasteiger partial charge on any atom is 0.262 e. The molecule has 0 saturated carbocycles. The fourth-order valence-electron chi connectivity index (χ4n) is 2.62. The lowest BCUT2D eigenvalue weighted by Crippen LogP contribution is -2.31. The Morgan fingerprint density at radius 2 is 2.04 bits per heavy atom. The van der Waals surface area contributed by atoms with E-state index < -0.39 is 0 Å². The van der Waals surface area contributed by atoms with Crippen molar-refractivity contribution in [1.29, 1.82) is 0 Å². The summed E-state index contributed by atoms with van der Waals surface area (Å²) in [4.78, 5) is 31.5. The van der Waals surface area contributed by atoms with Crippen molar-refractivity contribution in [3.63, 3.8) is 0 Å². The average Bonchev–Trinajstić information content (AvgIpc) is 3.10. The van der Waals surface area contributed by atoms with Gasteiger partial charge in [0, 0.05) is 20.0 Å². The molecule has 0 saturated heterocycles. The van der Waals surface area contributed by atoms with Crippen LogP contribution in [0.2, 0.25) is 0 Å². The Labute approximate surface area is 144 Å². The van der Waals surface area contributed by atoms with Crippen molar-refractivity contribution < 1.29 is 4.79 Å². The molecule has 0 aliphatic rings. The molecule has 0 N–H and O–H groups in total. The van der Waals surface area contributed by atoms with Crippen LogP contribution in [0.3, 0.4) is 0 Å². The van der Waals surface area contributed by atoms with Crippen LogP contribution in [0.4, 0.5) is 0 Å². The zero-order valence-electron chi connectivity index (χ0n) is 13.7. The van der Waals surface area contributed by atoms with Gasteiger partial charge in [-0.15, -0.1) is 11.3 Å². The zero-order chi connectivity index (χ0) is 17.1. The number of carbonyl (C=O) groups is 1. The molecule has 3 aromatic rings. The van der Waals surface area contributed by atoms with Gasteiger partial charge in [0.2, 0.25) is 5.91 Å². The highest BCUT2D eigenvalue weighted by Crippen LogP contribution is 2.19. The number of thiophene rings is 1. The van der Waals surface area contributed by atoms with Crippen molar-refractivity contribution in [2.75, 3.05) is 7.05 Å². The molecule has 1 amide bonds. The quantitative estimate of drug-likeness (QED) is 0.717. The number of fused-ring (bicyclic) bond motifs is 1. The molecule has 1 unspecified atom stereocenters. The standard InChI is InChI=1S/C18H19N3O2S/c1-13(14-6-4-3-5-7-14)20(2)16(22)8-10-21-12-19-17-15(18(21)23)9-11-24-17/h3-7,9,11-13H,8,10H2,1-2H3. The Balaban J connectivity index is 1.68. The molecule has 2 aromatic heterocycles. The molecule has 5 nitrogen and oxygen atoms in total. The third-order valence-electron chi connectivity index (χ3n) is 4.27. The van der Waals surface area contributed by atoms with E-state index in [-0.39, 0.29) is 23.9 Å². The smallest absolute Gasteiger partial charge is 0.262 e. The second-order valence-corrected chi connectivity index (χ2v) is 6.62. The molecule has 0 aliphatic carbocycles. The van der Waals surface area contributed by atoms with Gasteiger partial charge in [-0.05, 0) is 23.9 Å². The van der Waals surface area contributed by atoms with E-state index in [2.05, 4.69) is 4.98 Å². The lowest BCUT2D eigenvalue weighted by molar-refractivity contribution is -0.132. The third-order valence-corrected chi connectivity index (χ3v) is 5.09. The first kappa shape index (κ1) is 16.4. The van der Waals surface area contributed by atoms with Crippen LogP contribution in [-0.2, 0) is 11.3 Å². The molecule has 24 heavy (non-hydrogen) atoms. The van der Waals surface area contributed by atoms with Gasteiger partial charge in [-0.2, -0.15) is 0 Å². The predicted octanol–water partition coefficient (Wildman–Crippen LogP) is 3.07. The molecular formula is C18H19N3O2S. The molecule has 124 valence electrons. The normalized spacial score (nSPS) is 12.2. The fraction of sp³-hybridized carbons (Fsp3) is 0.278. The summed E-state index contributed by atoms with van der Waals surface area (Å²) in [6.07, 6.45) is 1.79. The highest BCUT2D eigenvalue weighted by Gasteiger charge is 2.17. The van der Waals surface area contributed by atoms with Gasteiger partial charge in [-0.1, -0.05) is 30.3 Å². The average molecular weight is 341 g/mol. The Kier molecular flexibility index (Phi) is 4.76. The topological polar surface area (TPSA) is 55.2 Å². The van der Waals surface area contributed by atoms with Gasteiger partial charge in [0.25, 0.3) is 5.56 Å². The second kappa shape index (κ2) is 6.97. The van der Waals surface area contributed by atoms with E-state index in [1.807, 2.05) is 42.6 Å². The number of aryl methyl sites for hydroxylation is 1. The van der Waals surface area contributed by atoms with Crippen LogP contribution < -0.4 is 5.56 Å². The maximum atomic E-state index is 12.4. The Bertz CT molecular complexity index is 901. The van der Waals surface area contributed by atoms with Crippen LogP contribution in [0.25, 0.3) is 10.2 Å². The van der Waals surface area contributed by atoms with Gasteiger partial charge < -0.3 is 4.90 Å². The predicted molar refractivity (Wildman–Crippen MR) is 96.1 cm³/mol. The number of benzene rings is 1. The molecule has 0 aliphatic heterocycles. The summed E-state index contributed by atoms with van der Waals surface area (Å²) >= 11 is 1.44. The minimum atomic E-state index is -0.0900. The van der Waals surface area contributed by atoms with Gasteiger partial charge in [-0.3, -0.25) is 14.2 Å². The number of hydrogen-bond acceptors (Lipinski definition) is 4. The van der Waals surface area contributed by atoms with Crippen LogP contribution in [-0.4, -0.2) is 27.4 Å². The molecule has 0 bridgehead atoms. The van der Waals surface area contributed by atoms with Crippen LogP contribution in [0.1, 0.15) is 24.9 Å². The lowest BCUT2D eigenvalue weighted by Gasteiger charge is -2.25. The highest BCUT2D eigenvalue weighted by molar-refractivity contribution is 7.16. The number of nitrogens with zero attached hydrogens (tertiary/aromatic N) is 3. The zero-order valence-corrected chi connectivity index (χ0v) is 14.5. The summed E-state index contributed by atoms with van der Waals surface area (Å²) in [6.45, 7) is 2.33. The van der Waals surface area contributed by atoms with Crippen molar-refractivity contribution in [3.05, 3.63) is 64.0 Å². The number of carbonyl (C=O) groups excluding carboxylic acids is 1. The summed E-state index contributed by atoms with van der Waals surface area (Å²) in [7, 11) is 1.79. The Hall–Kier alpha value is -2.47. The van der Waals surface area contributed by atoms with Crippen LogP contribution in [0.5, 0.6) is 0 Å². The monoisotopic (exact) mass is 341 g/mol. The molecule has 3 rings (SSSR count). The lowest BCUT2D eigenvalue weighted by atomic mass is 10.1. The summed E-state index contributed by atoms with van der Waals surface area (Å²) in [5.41, 5.74) is 1.000. The fourth-order valence-corrected chi connectivity index (χ4v) is 3.34. The van der Waals surface area contributed by atoms with Gasteiger partial charge in [0.05, 0.1) is 17.8 Å². The number of hydrogen-bond donors (Lipinski definition) is 0. The number of amides is 1. The van der Waals surface area contributed by atoms with Gasteiger partial charge in [0.1, 0.15) is 4.83 Å². The molecule has 6 heteroatoms. The first-order valence-electron chi connectivity index (χ1n) is 7.81. The molecule has 1 atom stereocenters. The van der Waals surface area contributed by atoms with Crippen LogP contribution in [0.15, 0.2) is 52.9 Å². The van der Waals surface area contributed by atoms with E-state index in [0.717, 1.165) is 10.4 Å². The van der Waals surface area contributed by atoms with Crippen molar-refractivity contribution in [3.8, 4) is 0 Å². The van der Waals surface area contributed by atoms with E-state index in [9.17, 15) is 9.59 Å². The van der Waals surface area contributed by atoms with Crippen molar-refractivity contribution >= 4 is 27.5 Å². The van der Waals surface area contributed by atoms with Crippen molar-refractivity contribution in [1.82, 2.24) is 14.5 Å². The maximum absolute atomic E-state index is 12.4. The Morgan fingerprint density at radius 3 is 2.79 bits per heavy atom. The largest absolute Gasteiger partial charge is 0.339 e. The van der Waals surface area contributed by atoms with Crippen molar-refractivity contribution in [2.24, 2.45) is 0 Å². The van der Waals surface area contributed by atoms with Crippen molar-refractivity contribution in [2.45, 2.75) is 25.9 Å². The van der Waals surface area contributed by atoms with Crippen LogP contribution >= 0.6 is 11.3 Å². The van der Waals surface area contributed by atoms with E-state index in [1.54, 1.807) is 18.0 Å². The summed E-state index contributed by atoms with van der Waals surface area (Å²) in [5.74, 6) is 0.00340. The van der Waals surface area contributed by atoms with E-state index >= 15 is 0 Å². The Morgan fingerprint density at radius 1 is 1.29 bits per heavy atom. The van der Waals surface area contributed by atoms with E-state index in [1.165, 1.54) is 22.2 Å². The molecule has 0 fully saturated rings. The molecule has 0 spiro atoms. The van der Waals surface area contributed by atoms with Gasteiger partial charge >= 0.3 is 0 Å². The number of rotatable bonds is 5. The molecular weight excluding hydrogens is 322 g/mol. The van der Waals surface area contributed by atoms with E-state index in [0.29, 0.717) is 11.9 Å². The molecule has 0 radical (unpaired) electrons. The third kappa shape index (κ3) is 3.23. The first-order chi connectivity index (χ1) is 11.6. The number of aromatic nitrogens is 2. The SMILES string of the molecule is CC(c1ccccc1)N(C)C(=O)CCn1cnc2sccc2c1=O. The summed E-state index contributed by atoms with van der Waals surface area (Å²) < 4.78 is 1.51. The second-order valence-electron chi connectivity index (χ2n) is 5.72. The van der Waals surface area contributed by atoms with Gasteiger partial charge in [0.15, 0.2) is 0 Å². The van der Waals surface area contributed by atoms with E-state index in [4.69, 9.17) is 0 Å². The molecule has 1 aromatic carbocycles. The highest BCUT2D eigenvalue weighted by atomic mass is 32.1. The summed E-state index contributed by atoms with van der Waals surface area (Å²) in [5, 5.41) is 2.46. The minimum Gasteiger partial charge on any atom is -0.339 e. The minimum absolute atomic E-state index is 0.00340. The van der Waals surface area contributed by atoms with Gasteiger partial charge in [-0.25, -0.2) is 4.98 Å². The first-order valence-corrected chi connectivity index (χ1v) is 8.69. The summed E-state index contributed by atoms with van der Waals surface area (Å²) in [6, 6.07) is 11.7. The molecule has 2 heterocycles.